The molecule has 0 aliphatic rings. The standard InChI is InChI=1S/C20H15FN6OS/c1-13-24-25-26-27(13)18-12-15(7-10-17(18)21)23-20(28)14-5-8-16(9-6-14)29-19-4-2-3-11-22-19/h2-12H,1H3,(H,23,28). The number of rotatable bonds is 5. The summed E-state index contributed by atoms with van der Waals surface area (Å²) in [5.74, 6) is -0.354. The molecule has 0 unspecified atom stereocenters. The first kappa shape index (κ1) is 18.8. The fraction of sp³-hybridized carbons (Fsp3) is 0.0500. The second kappa shape index (κ2) is 8.19. The Morgan fingerprint density at radius 2 is 1.93 bits per heavy atom. The van der Waals surface area contributed by atoms with Crippen molar-refractivity contribution >= 4 is 23.4 Å². The fourth-order valence-corrected chi connectivity index (χ4v) is 3.39. The topological polar surface area (TPSA) is 85.6 Å². The number of nitrogens with one attached hydrogen (secondary N) is 1. The maximum atomic E-state index is 14.2. The van der Waals surface area contributed by atoms with E-state index in [-0.39, 0.29) is 11.6 Å². The number of pyridine rings is 1. The molecule has 2 aromatic carbocycles. The SMILES string of the molecule is Cc1nnnn1-c1cc(NC(=O)c2ccc(Sc3ccccn3)cc2)ccc1F. The zero-order valence-corrected chi connectivity index (χ0v) is 16.1. The summed E-state index contributed by atoms with van der Waals surface area (Å²) in [7, 11) is 0. The maximum absolute atomic E-state index is 14.2. The van der Waals surface area contributed by atoms with Gasteiger partial charge in [0.25, 0.3) is 5.91 Å². The lowest BCUT2D eigenvalue weighted by atomic mass is 10.2. The summed E-state index contributed by atoms with van der Waals surface area (Å²) in [5, 5.41) is 14.7. The van der Waals surface area contributed by atoms with E-state index in [0.717, 1.165) is 9.92 Å². The first-order chi connectivity index (χ1) is 14.1. The molecule has 0 atom stereocenters. The van der Waals surface area contributed by atoms with Crippen LogP contribution in [0.5, 0.6) is 0 Å². The second-order valence-corrected chi connectivity index (χ2v) is 7.15. The molecule has 4 aromatic rings. The molecule has 0 aliphatic heterocycles. The predicted molar refractivity (Wildman–Crippen MR) is 107 cm³/mol. The highest BCUT2D eigenvalue weighted by Gasteiger charge is 2.13. The van der Waals surface area contributed by atoms with Gasteiger partial charge in [-0.25, -0.2) is 9.37 Å². The van der Waals surface area contributed by atoms with Crippen LogP contribution < -0.4 is 5.32 Å². The van der Waals surface area contributed by atoms with Gasteiger partial charge in [-0.2, -0.15) is 4.68 Å². The molecule has 1 N–H and O–H groups in total. The smallest absolute Gasteiger partial charge is 0.255 e. The number of nitrogens with zero attached hydrogens (tertiary/aromatic N) is 5. The molecule has 7 nitrogen and oxygen atoms in total. The lowest BCUT2D eigenvalue weighted by Gasteiger charge is -2.09. The van der Waals surface area contributed by atoms with Crippen LogP contribution in [0, 0.1) is 12.7 Å². The van der Waals surface area contributed by atoms with Crippen LogP contribution in [0.15, 0.2) is 76.8 Å². The molecular weight excluding hydrogens is 391 g/mol. The highest BCUT2D eigenvalue weighted by atomic mass is 32.2. The predicted octanol–water partition coefficient (Wildman–Crippen LogP) is 3.91. The van der Waals surface area contributed by atoms with E-state index in [0.29, 0.717) is 17.1 Å². The highest BCUT2D eigenvalue weighted by Crippen LogP contribution is 2.26. The van der Waals surface area contributed by atoms with Gasteiger partial charge in [-0.1, -0.05) is 17.8 Å². The van der Waals surface area contributed by atoms with Gasteiger partial charge in [0.15, 0.2) is 5.82 Å². The largest absolute Gasteiger partial charge is 0.322 e. The third-order valence-corrected chi connectivity index (χ3v) is 4.99. The number of benzene rings is 2. The third kappa shape index (κ3) is 4.30. The monoisotopic (exact) mass is 406 g/mol. The van der Waals surface area contributed by atoms with E-state index in [1.165, 1.54) is 34.6 Å². The van der Waals surface area contributed by atoms with Gasteiger partial charge in [0.05, 0.1) is 0 Å². The van der Waals surface area contributed by atoms with Gasteiger partial charge in [0.1, 0.15) is 16.5 Å². The number of carbonyl (C=O) groups excluding carboxylic acids is 1. The number of amides is 1. The molecule has 0 saturated carbocycles. The zero-order chi connectivity index (χ0) is 20.2. The van der Waals surface area contributed by atoms with E-state index in [1.807, 2.05) is 30.3 Å². The molecule has 0 spiro atoms. The molecule has 4 rings (SSSR count). The van der Waals surface area contributed by atoms with Crippen LogP contribution in [0.25, 0.3) is 5.69 Å². The summed E-state index contributed by atoms with van der Waals surface area (Å²) < 4.78 is 15.4. The summed E-state index contributed by atoms with van der Waals surface area (Å²) in [6, 6.07) is 17.1. The van der Waals surface area contributed by atoms with Crippen molar-refractivity contribution in [3.05, 3.63) is 84.1 Å². The summed E-state index contributed by atoms with van der Waals surface area (Å²) >= 11 is 1.51. The molecule has 0 saturated heterocycles. The number of aromatic nitrogens is 5. The zero-order valence-electron chi connectivity index (χ0n) is 15.3. The van der Waals surface area contributed by atoms with Gasteiger partial charge in [-0.05, 0) is 71.9 Å². The lowest BCUT2D eigenvalue weighted by Crippen LogP contribution is -2.12. The van der Waals surface area contributed by atoms with Gasteiger partial charge in [-0.3, -0.25) is 4.79 Å². The van der Waals surface area contributed by atoms with Gasteiger partial charge >= 0.3 is 0 Å². The molecule has 29 heavy (non-hydrogen) atoms. The molecule has 0 radical (unpaired) electrons. The highest BCUT2D eigenvalue weighted by molar-refractivity contribution is 7.99. The number of hydrogen-bond donors (Lipinski definition) is 1. The quantitative estimate of drug-likeness (QED) is 0.541. The van der Waals surface area contributed by atoms with Crippen LogP contribution in [0.1, 0.15) is 16.2 Å². The molecule has 144 valence electrons. The van der Waals surface area contributed by atoms with Crippen LogP contribution in [0.4, 0.5) is 10.1 Å². The van der Waals surface area contributed by atoms with Crippen LogP contribution >= 0.6 is 11.8 Å². The maximum Gasteiger partial charge on any atom is 0.255 e. The Morgan fingerprint density at radius 1 is 1.10 bits per heavy atom. The average Bonchev–Trinajstić information content (AvgIpc) is 3.16. The molecule has 0 bridgehead atoms. The van der Waals surface area contributed by atoms with Crippen molar-refractivity contribution in [2.45, 2.75) is 16.8 Å². The van der Waals surface area contributed by atoms with E-state index in [9.17, 15) is 9.18 Å². The number of hydrogen-bond acceptors (Lipinski definition) is 6. The molecule has 9 heteroatoms. The van der Waals surface area contributed by atoms with Crippen LogP contribution in [0.3, 0.4) is 0 Å². The van der Waals surface area contributed by atoms with Crippen molar-refractivity contribution in [1.29, 1.82) is 0 Å². The molecule has 0 aliphatic carbocycles. The summed E-state index contributed by atoms with van der Waals surface area (Å²) in [4.78, 5) is 17.8. The Kier molecular flexibility index (Phi) is 5.30. The van der Waals surface area contributed by atoms with Crippen molar-refractivity contribution in [2.75, 3.05) is 5.32 Å². The molecular formula is C20H15FN6OS. The Balaban J connectivity index is 1.49. The minimum absolute atomic E-state index is 0.160. The Labute approximate surface area is 170 Å². The van der Waals surface area contributed by atoms with Gasteiger partial charge in [0, 0.05) is 22.3 Å². The van der Waals surface area contributed by atoms with E-state index in [2.05, 4.69) is 25.8 Å². The van der Waals surface area contributed by atoms with Gasteiger partial charge in [0.2, 0.25) is 0 Å². The Morgan fingerprint density at radius 3 is 2.62 bits per heavy atom. The van der Waals surface area contributed by atoms with Gasteiger partial charge < -0.3 is 5.32 Å². The summed E-state index contributed by atoms with van der Waals surface area (Å²) in [5.41, 5.74) is 1.08. The van der Waals surface area contributed by atoms with Crippen LogP contribution in [-0.2, 0) is 0 Å². The minimum Gasteiger partial charge on any atom is -0.322 e. The Bertz CT molecular complexity index is 1150. The number of carbonyl (C=O) groups is 1. The molecule has 2 heterocycles. The summed E-state index contributed by atoms with van der Waals surface area (Å²) in [6.45, 7) is 1.66. The molecule has 2 aromatic heterocycles. The van der Waals surface area contributed by atoms with E-state index < -0.39 is 5.82 Å². The van der Waals surface area contributed by atoms with Crippen molar-refractivity contribution in [3.8, 4) is 5.69 Å². The number of halogens is 1. The number of aryl methyl sites for hydroxylation is 1. The fourth-order valence-electron chi connectivity index (χ4n) is 2.61. The summed E-state index contributed by atoms with van der Waals surface area (Å²) in [6.07, 6.45) is 1.73. The Hall–Kier alpha value is -3.59. The first-order valence-electron chi connectivity index (χ1n) is 8.65. The normalized spacial score (nSPS) is 10.7. The van der Waals surface area contributed by atoms with E-state index >= 15 is 0 Å². The number of anilines is 1. The lowest BCUT2D eigenvalue weighted by molar-refractivity contribution is 0.102. The van der Waals surface area contributed by atoms with Crippen molar-refractivity contribution in [3.63, 3.8) is 0 Å². The third-order valence-electron chi connectivity index (χ3n) is 4.03. The molecule has 1 amide bonds. The van der Waals surface area contributed by atoms with Crippen molar-refractivity contribution in [1.82, 2.24) is 25.2 Å². The van der Waals surface area contributed by atoms with Gasteiger partial charge in [-0.15, -0.1) is 5.10 Å². The van der Waals surface area contributed by atoms with Crippen molar-refractivity contribution in [2.24, 2.45) is 0 Å². The van der Waals surface area contributed by atoms with Crippen LogP contribution in [-0.4, -0.2) is 31.1 Å². The van der Waals surface area contributed by atoms with Crippen LogP contribution in [0.2, 0.25) is 0 Å². The minimum atomic E-state index is -0.491. The number of tetrazole rings is 1. The first-order valence-corrected chi connectivity index (χ1v) is 9.47. The average molecular weight is 406 g/mol. The van der Waals surface area contributed by atoms with Crippen molar-refractivity contribution < 1.29 is 9.18 Å². The molecule has 0 fully saturated rings. The second-order valence-electron chi connectivity index (χ2n) is 6.05. The van der Waals surface area contributed by atoms with E-state index in [4.69, 9.17) is 0 Å². The van der Waals surface area contributed by atoms with E-state index in [1.54, 1.807) is 25.3 Å².